The number of hydrogen-bond acceptors (Lipinski definition) is 1. The summed E-state index contributed by atoms with van der Waals surface area (Å²) in [5.41, 5.74) is 5.58. The summed E-state index contributed by atoms with van der Waals surface area (Å²) in [5, 5.41) is 3.63. The van der Waals surface area contributed by atoms with Crippen molar-refractivity contribution in [2.45, 2.75) is 33.2 Å². The van der Waals surface area contributed by atoms with Gasteiger partial charge in [-0.1, -0.05) is 37.3 Å². The molecule has 1 nitrogen and oxygen atoms in total. The van der Waals surface area contributed by atoms with Gasteiger partial charge in [-0.05, 0) is 83.8 Å². The third kappa shape index (κ3) is 3.83. The van der Waals surface area contributed by atoms with Gasteiger partial charge >= 0.3 is 0 Å². The minimum absolute atomic E-state index is 0.389. The van der Waals surface area contributed by atoms with Crippen molar-refractivity contribution < 1.29 is 0 Å². The number of halogens is 1. The highest BCUT2D eigenvalue weighted by atomic mass is 127. The Hall–Kier alpha value is -0.870. The lowest BCUT2D eigenvalue weighted by Gasteiger charge is -2.21. The normalized spacial score (nSPS) is 12.4. The summed E-state index contributed by atoms with van der Waals surface area (Å²) in [5.74, 6) is 0. The lowest BCUT2D eigenvalue weighted by atomic mass is 9.93. The van der Waals surface area contributed by atoms with E-state index in [0.717, 1.165) is 13.0 Å². The molecule has 0 heterocycles. The molecule has 0 saturated carbocycles. The summed E-state index contributed by atoms with van der Waals surface area (Å²) in [6.07, 6.45) is 1.04. The van der Waals surface area contributed by atoms with E-state index in [9.17, 15) is 0 Å². The van der Waals surface area contributed by atoms with Gasteiger partial charge in [-0.25, -0.2) is 0 Å². The van der Waals surface area contributed by atoms with E-state index in [1.54, 1.807) is 0 Å². The van der Waals surface area contributed by atoms with Gasteiger partial charge in [0.15, 0.2) is 0 Å². The fourth-order valence-electron chi connectivity index (χ4n) is 2.55. The van der Waals surface area contributed by atoms with Gasteiger partial charge in [0.2, 0.25) is 0 Å². The Morgan fingerprint density at radius 1 is 1.05 bits per heavy atom. The zero-order valence-electron chi connectivity index (χ0n) is 12.4. The molecule has 0 aromatic heterocycles. The Kier molecular flexibility index (Phi) is 5.61. The summed E-state index contributed by atoms with van der Waals surface area (Å²) >= 11 is 2.35. The molecule has 1 unspecified atom stereocenters. The van der Waals surface area contributed by atoms with Gasteiger partial charge < -0.3 is 5.32 Å². The van der Waals surface area contributed by atoms with Gasteiger partial charge in [0, 0.05) is 9.61 Å². The maximum absolute atomic E-state index is 3.63. The molecular formula is C18H22IN. The van der Waals surface area contributed by atoms with E-state index < -0.39 is 0 Å². The van der Waals surface area contributed by atoms with Crippen molar-refractivity contribution in [3.05, 3.63) is 68.3 Å². The van der Waals surface area contributed by atoms with E-state index in [2.05, 4.69) is 91.1 Å². The van der Waals surface area contributed by atoms with E-state index in [1.165, 1.54) is 25.8 Å². The molecule has 2 aromatic carbocycles. The van der Waals surface area contributed by atoms with Crippen molar-refractivity contribution in [2.24, 2.45) is 0 Å². The number of aryl methyl sites for hydroxylation is 1. The van der Waals surface area contributed by atoms with Crippen LogP contribution in [0, 0.1) is 17.4 Å². The van der Waals surface area contributed by atoms with Crippen LogP contribution in [0.3, 0.4) is 0 Å². The standard InChI is InChI=1S/C18H22IN/c1-4-20-18(12-15-8-10-16(19)11-9-15)17-7-5-6-13(2)14(17)3/h5-11,18,20H,4,12H2,1-3H3. The molecule has 20 heavy (non-hydrogen) atoms. The van der Waals surface area contributed by atoms with Crippen LogP contribution in [0.4, 0.5) is 0 Å². The van der Waals surface area contributed by atoms with E-state index in [1.807, 2.05) is 0 Å². The smallest absolute Gasteiger partial charge is 0.0363 e. The molecule has 1 atom stereocenters. The molecule has 2 aromatic rings. The van der Waals surface area contributed by atoms with Gasteiger partial charge in [-0.15, -0.1) is 0 Å². The second kappa shape index (κ2) is 7.23. The van der Waals surface area contributed by atoms with Crippen LogP contribution in [-0.4, -0.2) is 6.54 Å². The predicted molar refractivity (Wildman–Crippen MR) is 95.2 cm³/mol. The summed E-state index contributed by atoms with van der Waals surface area (Å²) in [4.78, 5) is 0. The summed E-state index contributed by atoms with van der Waals surface area (Å²) < 4.78 is 1.29. The Labute approximate surface area is 135 Å². The maximum atomic E-state index is 3.63. The van der Waals surface area contributed by atoms with Crippen LogP contribution in [0.5, 0.6) is 0 Å². The van der Waals surface area contributed by atoms with Gasteiger partial charge in [-0.2, -0.15) is 0 Å². The maximum Gasteiger partial charge on any atom is 0.0363 e. The first kappa shape index (κ1) is 15.5. The van der Waals surface area contributed by atoms with Crippen LogP contribution in [0.1, 0.15) is 35.2 Å². The first-order valence-electron chi connectivity index (χ1n) is 7.15. The fourth-order valence-corrected chi connectivity index (χ4v) is 2.91. The molecule has 0 saturated heterocycles. The van der Waals surface area contributed by atoms with Crippen molar-refractivity contribution in [3.63, 3.8) is 0 Å². The quantitative estimate of drug-likeness (QED) is 0.736. The van der Waals surface area contributed by atoms with Crippen molar-refractivity contribution in [3.8, 4) is 0 Å². The molecule has 0 aliphatic carbocycles. The van der Waals surface area contributed by atoms with Crippen LogP contribution < -0.4 is 5.32 Å². The van der Waals surface area contributed by atoms with Gasteiger partial charge in [-0.3, -0.25) is 0 Å². The van der Waals surface area contributed by atoms with Crippen molar-refractivity contribution in [2.75, 3.05) is 6.54 Å². The monoisotopic (exact) mass is 379 g/mol. The molecule has 0 bridgehead atoms. The Bertz CT molecular complexity index is 560. The van der Waals surface area contributed by atoms with Crippen molar-refractivity contribution >= 4 is 22.6 Å². The van der Waals surface area contributed by atoms with E-state index in [0.29, 0.717) is 6.04 Å². The molecule has 0 radical (unpaired) electrons. The van der Waals surface area contributed by atoms with Crippen molar-refractivity contribution in [1.29, 1.82) is 0 Å². The van der Waals surface area contributed by atoms with Crippen LogP contribution in [0.15, 0.2) is 42.5 Å². The number of likely N-dealkylation sites (N-methyl/N-ethyl adjacent to an activating group) is 1. The van der Waals surface area contributed by atoms with E-state index >= 15 is 0 Å². The largest absolute Gasteiger partial charge is 0.310 e. The Balaban J connectivity index is 2.26. The third-order valence-corrected chi connectivity index (χ3v) is 4.54. The van der Waals surface area contributed by atoms with Crippen molar-refractivity contribution in [1.82, 2.24) is 5.32 Å². The number of rotatable bonds is 5. The molecule has 106 valence electrons. The van der Waals surface area contributed by atoms with Crippen LogP contribution >= 0.6 is 22.6 Å². The van der Waals surface area contributed by atoms with E-state index in [-0.39, 0.29) is 0 Å². The predicted octanol–water partition coefficient (Wildman–Crippen LogP) is 4.80. The lowest BCUT2D eigenvalue weighted by molar-refractivity contribution is 0.547. The topological polar surface area (TPSA) is 12.0 Å². The molecule has 0 spiro atoms. The number of hydrogen-bond donors (Lipinski definition) is 1. The number of benzene rings is 2. The van der Waals surface area contributed by atoms with Gasteiger partial charge in [0.05, 0.1) is 0 Å². The van der Waals surface area contributed by atoms with Gasteiger partial charge in [0.1, 0.15) is 0 Å². The average molecular weight is 379 g/mol. The van der Waals surface area contributed by atoms with Crippen LogP contribution in [0.2, 0.25) is 0 Å². The summed E-state index contributed by atoms with van der Waals surface area (Å²) in [6.45, 7) is 7.57. The summed E-state index contributed by atoms with van der Waals surface area (Å²) in [7, 11) is 0. The molecule has 2 heteroatoms. The highest BCUT2D eigenvalue weighted by Gasteiger charge is 2.14. The van der Waals surface area contributed by atoms with Crippen LogP contribution in [-0.2, 0) is 6.42 Å². The molecule has 1 N–H and O–H groups in total. The first-order valence-corrected chi connectivity index (χ1v) is 8.23. The average Bonchev–Trinajstić information content (AvgIpc) is 2.44. The molecule has 0 amide bonds. The minimum Gasteiger partial charge on any atom is -0.310 e. The minimum atomic E-state index is 0.389. The molecule has 0 aliphatic rings. The van der Waals surface area contributed by atoms with Crippen LogP contribution in [0.25, 0.3) is 0 Å². The molecule has 0 fully saturated rings. The second-order valence-corrected chi connectivity index (χ2v) is 6.48. The molecule has 2 rings (SSSR count). The molecular weight excluding hydrogens is 357 g/mol. The SMILES string of the molecule is CCNC(Cc1ccc(I)cc1)c1cccc(C)c1C. The fraction of sp³-hybridized carbons (Fsp3) is 0.333. The number of nitrogens with one attached hydrogen (secondary N) is 1. The Morgan fingerprint density at radius 2 is 1.75 bits per heavy atom. The van der Waals surface area contributed by atoms with Gasteiger partial charge in [0.25, 0.3) is 0 Å². The molecule has 0 aliphatic heterocycles. The summed E-state index contributed by atoms with van der Waals surface area (Å²) in [6, 6.07) is 15.8. The first-order chi connectivity index (χ1) is 9.61. The Morgan fingerprint density at radius 3 is 2.40 bits per heavy atom. The van der Waals surface area contributed by atoms with E-state index in [4.69, 9.17) is 0 Å². The third-order valence-electron chi connectivity index (χ3n) is 3.83. The highest BCUT2D eigenvalue weighted by molar-refractivity contribution is 14.1. The zero-order valence-corrected chi connectivity index (χ0v) is 14.6. The lowest BCUT2D eigenvalue weighted by Crippen LogP contribution is -2.24. The second-order valence-electron chi connectivity index (χ2n) is 5.23. The zero-order chi connectivity index (χ0) is 14.5. The highest BCUT2D eigenvalue weighted by Crippen LogP contribution is 2.24.